The van der Waals surface area contributed by atoms with E-state index in [4.69, 9.17) is 0 Å². The fraction of sp³-hybridized carbons (Fsp3) is 0.278. The number of fused-ring (bicyclic) bond motifs is 2. The highest BCUT2D eigenvalue weighted by Crippen LogP contribution is 2.33. The number of carbonyl (C=O) groups excluding carboxylic acids is 1. The number of rotatable bonds is 2. The summed E-state index contributed by atoms with van der Waals surface area (Å²) in [6.45, 7) is 6.16. The number of benzene rings is 1. The van der Waals surface area contributed by atoms with Crippen molar-refractivity contribution in [2.75, 3.05) is 5.32 Å². The molecule has 0 saturated heterocycles. The Morgan fingerprint density at radius 3 is 2.83 bits per heavy atom. The zero-order chi connectivity index (χ0) is 16.1. The highest BCUT2D eigenvalue weighted by Gasteiger charge is 2.21. The minimum atomic E-state index is 0.0594. The smallest absolute Gasteiger partial charge is 0.228 e. The molecule has 5 nitrogen and oxygen atoms in total. The fourth-order valence-corrected chi connectivity index (χ4v) is 3.26. The Labute approximate surface area is 134 Å². The number of hydrogen-bond acceptors (Lipinski definition) is 3. The summed E-state index contributed by atoms with van der Waals surface area (Å²) < 4.78 is 1.92. The van der Waals surface area contributed by atoms with Crippen LogP contribution in [0.5, 0.6) is 0 Å². The quantitative estimate of drug-likeness (QED) is 0.791. The van der Waals surface area contributed by atoms with E-state index in [1.165, 1.54) is 0 Å². The molecule has 4 rings (SSSR count). The summed E-state index contributed by atoms with van der Waals surface area (Å²) in [4.78, 5) is 16.2. The molecule has 116 valence electrons. The number of aromatic nitrogens is 3. The van der Waals surface area contributed by atoms with Gasteiger partial charge in [-0.1, -0.05) is 13.0 Å². The zero-order valence-corrected chi connectivity index (χ0v) is 13.5. The van der Waals surface area contributed by atoms with E-state index in [1.807, 2.05) is 17.5 Å². The van der Waals surface area contributed by atoms with Gasteiger partial charge in [-0.15, -0.1) is 0 Å². The maximum absolute atomic E-state index is 11.7. The van der Waals surface area contributed by atoms with Crippen molar-refractivity contribution in [2.45, 2.75) is 33.6 Å². The van der Waals surface area contributed by atoms with E-state index in [0.717, 1.165) is 51.5 Å². The molecule has 23 heavy (non-hydrogen) atoms. The van der Waals surface area contributed by atoms with Crippen LogP contribution < -0.4 is 5.32 Å². The van der Waals surface area contributed by atoms with Crippen molar-refractivity contribution in [3.05, 3.63) is 46.8 Å². The SMILES string of the molecule is CCc1nc2ccc(C)c(-c3cc(C)c4c(c3)CC(=O)N4)n2n1. The number of hydrogen-bond donors (Lipinski definition) is 1. The normalized spacial score (nSPS) is 13.4. The number of aryl methyl sites for hydroxylation is 3. The molecule has 0 atom stereocenters. The lowest BCUT2D eigenvalue weighted by molar-refractivity contribution is -0.115. The molecule has 3 aromatic rings. The van der Waals surface area contributed by atoms with Crippen LogP contribution >= 0.6 is 0 Å². The van der Waals surface area contributed by atoms with Gasteiger partial charge in [0.05, 0.1) is 12.1 Å². The van der Waals surface area contributed by atoms with Gasteiger partial charge < -0.3 is 5.32 Å². The Hall–Kier alpha value is -2.69. The summed E-state index contributed by atoms with van der Waals surface area (Å²) in [6.07, 6.45) is 1.25. The molecule has 2 aromatic heterocycles. The van der Waals surface area contributed by atoms with Crippen molar-refractivity contribution < 1.29 is 4.79 Å². The Morgan fingerprint density at radius 1 is 1.22 bits per heavy atom. The molecule has 0 unspecified atom stereocenters. The third-order valence-corrected chi connectivity index (χ3v) is 4.37. The molecule has 3 heterocycles. The predicted octanol–water partition coefficient (Wildman–Crippen LogP) is 3.07. The second-order valence-corrected chi connectivity index (χ2v) is 6.07. The standard InChI is InChI=1S/C18H18N4O/c1-4-14-19-15-6-5-10(2)18(22(15)21-14)13-7-11(3)17-12(8-13)9-16(23)20-17/h5-8H,4,9H2,1-3H3,(H,20,23). The number of anilines is 1. The van der Waals surface area contributed by atoms with E-state index in [0.29, 0.717) is 6.42 Å². The minimum absolute atomic E-state index is 0.0594. The summed E-state index contributed by atoms with van der Waals surface area (Å²) in [5.74, 6) is 0.899. The molecule has 1 aromatic carbocycles. The van der Waals surface area contributed by atoms with Crippen LogP contribution in [-0.4, -0.2) is 20.5 Å². The predicted molar refractivity (Wildman–Crippen MR) is 89.6 cm³/mol. The van der Waals surface area contributed by atoms with Crippen molar-refractivity contribution >= 4 is 17.2 Å². The fourth-order valence-electron chi connectivity index (χ4n) is 3.26. The number of amides is 1. The highest BCUT2D eigenvalue weighted by molar-refractivity contribution is 6.00. The van der Waals surface area contributed by atoms with Crippen LogP contribution in [0.3, 0.4) is 0 Å². The van der Waals surface area contributed by atoms with Crippen molar-refractivity contribution in [3.8, 4) is 11.3 Å². The monoisotopic (exact) mass is 306 g/mol. The molecule has 0 saturated carbocycles. The Balaban J connectivity index is 1.98. The number of carbonyl (C=O) groups is 1. The van der Waals surface area contributed by atoms with Gasteiger partial charge in [0.15, 0.2) is 11.5 Å². The van der Waals surface area contributed by atoms with Gasteiger partial charge in [0, 0.05) is 17.7 Å². The van der Waals surface area contributed by atoms with Crippen LogP contribution in [0.25, 0.3) is 16.9 Å². The summed E-state index contributed by atoms with van der Waals surface area (Å²) >= 11 is 0. The third-order valence-electron chi connectivity index (χ3n) is 4.37. The van der Waals surface area contributed by atoms with Crippen molar-refractivity contribution in [3.63, 3.8) is 0 Å². The first-order valence-electron chi connectivity index (χ1n) is 7.86. The number of nitrogens with one attached hydrogen (secondary N) is 1. The second kappa shape index (κ2) is 4.91. The molecule has 1 N–H and O–H groups in total. The van der Waals surface area contributed by atoms with Gasteiger partial charge in [-0.3, -0.25) is 4.79 Å². The van der Waals surface area contributed by atoms with Crippen LogP contribution in [0.15, 0.2) is 24.3 Å². The summed E-state index contributed by atoms with van der Waals surface area (Å²) in [6, 6.07) is 8.27. The van der Waals surface area contributed by atoms with Gasteiger partial charge >= 0.3 is 0 Å². The minimum Gasteiger partial charge on any atom is -0.325 e. The van der Waals surface area contributed by atoms with Gasteiger partial charge in [0.2, 0.25) is 5.91 Å². The van der Waals surface area contributed by atoms with E-state index in [1.54, 1.807) is 0 Å². The lowest BCUT2D eigenvalue weighted by Gasteiger charge is -2.12. The van der Waals surface area contributed by atoms with Crippen molar-refractivity contribution in [2.24, 2.45) is 0 Å². The van der Waals surface area contributed by atoms with E-state index < -0.39 is 0 Å². The number of nitrogens with zero attached hydrogens (tertiary/aromatic N) is 3. The summed E-state index contributed by atoms with van der Waals surface area (Å²) in [7, 11) is 0. The van der Waals surface area contributed by atoms with Gasteiger partial charge in [-0.2, -0.15) is 5.10 Å². The highest BCUT2D eigenvalue weighted by atomic mass is 16.1. The lowest BCUT2D eigenvalue weighted by Crippen LogP contribution is -2.04. The molecule has 0 spiro atoms. The molecule has 0 aliphatic carbocycles. The van der Waals surface area contributed by atoms with Gasteiger partial charge in [-0.25, -0.2) is 9.50 Å². The van der Waals surface area contributed by atoms with Gasteiger partial charge in [0.1, 0.15) is 0 Å². The Kier molecular flexibility index (Phi) is 2.98. The van der Waals surface area contributed by atoms with Crippen molar-refractivity contribution in [1.82, 2.24) is 14.6 Å². The average molecular weight is 306 g/mol. The molecule has 0 radical (unpaired) electrons. The molecular weight excluding hydrogens is 288 g/mol. The molecule has 1 aliphatic rings. The van der Waals surface area contributed by atoms with Gasteiger partial charge in [0.25, 0.3) is 0 Å². The van der Waals surface area contributed by atoms with E-state index in [2.05, 4.69) is 47.4 Å². The first kappa shape index (κ1) is 13.9. The first-order valence-corrected chi connectivity index (χ1v) is 7.86. The second-order valence-electron chi connectivity index (χ2n) is 6.07. The molecule has 5 heteroatoms. The number of pyridine rings is 1. The zero-order valence-electron chi connectivity index (χ0n) is 13.5. The molecule has 0 fully saturated rings. The summed E-state index contributed by atoms with van der Waals surface area (Å²) in [5, 5.41) is 7.57. The van der Waals surface area contributed by atoms with Crippen molar-refractivity contribution in [1.29, 1.82) is 0 Å². The van der Waals surface area contributed by atoms with Crippen LogP contribution in [-0.2, 0) is 17.6 Å². The maximum Gasteiger partial charge on any atom is 0.228 e. The molecular formula is C18H18N4O. The Bertz CT molecular complexity index is 955. The third kappa shape index (κ3) is 2.11. The summed E-state index contributed by atoms with van der Waals surface area (Å²) in [5.41, 5.74) is 7.20. The first-order chi connectivity index (χ1) is 11.1. The molecule has 1 amide bonds. The molecule has 0 bridgehead atoms. The molecule has 1 aliphatic heterocycles. The van der Waals surface area contributed by atoms with Crippen LogP contribution in [0.4, 0.5) is 5.69 Å². The van der Waals surface area contributed by atoms with Crippen LogP contribution in [0.1, 0.15) is 29.4 Å². The van der Waals surface area contributed by atoms with Crippen LogP contribution in [0.2, 0.25) is 0 Å². The topological polar surface area (TPSA) is 59.3 Å². The van der Waals surface area contributed by atoms with Gasteiger partial charge in [-0.05, 0) is 48.7 Å². The Morgan fingerprint density at radius 2 is 2.04 bits per heavy atom. The maximum atomic E-state index is 11.7. The lowest BCUT2D eigenvalue weighted by atomic mass is 9.99. The van der Waals surface area contributed by atoms with E-state index in [9.17, 15) is 4.79 Å². The largest absolute Gasteiger partial charge is 0.325 e. The van der Waals surface area contributed by atoms with E-state index in [-0.39, 0.29) is 5.91 Å². The van der Waals surface area contributed by atoms with E-state index >= 15 is 0 Å². The van der Waals surface area contributed by atoms with Crippen LogP contribution in [0, 0.1) is 13.8 Å². The average Bonchev–Trinajstić information content (AvgIpc) is 3.09.